The molecule has 0 spiro atoms. The summed E-state index contributed by atoms with van der Waals surface area (Å²) >= 11 is 0. The van der Waals surface area contributed by atoms with Crippen molar-refractivity contribution in [2.45, 2.75) is 26.6 Å². The molecule has 23 heavy (non-hydrogen) atoms. The fraction of sp³-hybridized carbons (Fsp3) is 0.312. The number of aryl methyl sites for hydroxylation is 1. The lowest BCUT2D eigenvalue weighted by Gasteiger charge is -2.07. The number of nitrogens with one attached hydrogen (secondary N) is 1. The highest BCUT2D eigenvalue weighted by atomic mass is 16.5. The number of hydrogen-bond acceptors (Lipinski definition) is 6. The van der Waals surface area contributed by atoms with Gasteiger partial charge in [0.05, 0.1) is 6.54 Å². The van der Waals surface area contributed by atoms with E-state index in [0.29, 0.717) is 18.3 Å². The SMILES string of the molecule is Cc1nc(COc2ccc(CNCCn3cccn3)cc2)no1. The van der Waals surface area contributed by atoms with Gasteiger partial charge in [0.15, 0.2) is 6.61 Å². The third-order valence-corrected chi connectivity index (χ3v) is 3.27. The first-order valence-electron chi connectivity index (χ1n) is 7.49. The minimum atomic E-state index is 0.304. The van der Waals surface area contributed by atoms with E-state index in [0.717, 1.165) is 25.4 Å². The van der Waals surface area contributed by atoms with E-state index >= 15 is 0 Å². The van der Waals surface area contributed by atoms with Gasteiger partial charge >= 0.3 is 0 Å². The molecule has 120 valence electrons. The molecule has 7 nitrogen and oxygen atoms in total. The van der Waals surface area contributed by atoms with Gasteiger partial charge in [-0.05, 0) is 23.8 Å². The highest BCUT2D eigenvalue weighted by Gasteiger charge is 2.03. The zero-order chi connectivity index (χ0) is 15.9. The van der Waals surface area contributed by atoms with E-state index in [1.54, 1.807) is 13.1 Å². The Hall–Kier alpha value is -2.67. The van der Waals surface area contributed by atoms with Crippen LogP contribution >= 0.6 is 0 Å². The molecule has 0 amide bonds. The average molecular weight is 313 g/mol. The number of rotatable bonds is 8. The van der Waals surface area contributed by atoms with Crippen LogP contribution in [0.15, 0.2) is 47.2 Å². The largest absolute Gasteiger partial charge is 0.485 e. The van der Waals surface area contributed by atoms with Crippen LogP contribution in [0.1, 0.15) is 17.3 Å². The summed E-state index contributed by atoms with van der Waals surface area (Å²) in [5, 5.41) is 11.3. The summed E-state index contributed by atoms with van der Waals surface area (Å²) in [5.74, 6) is 1.87. The van der Waals surface area contributed by atoms with Gasteiger partial charge in [0.1, 0.15) is 5.75 Å². The van der Waals surface area contributed by atoms with Gasteiger partial charge in [0, 0.05) is 32.4 Å². The summed E-state index contributed by atoms with van der Waals surface area (Å²) in [6, 6.07) is 9.89. The molecule has 0 bridgehead atoms. The number of benzene rings is 1. The van der Waals surface area contributed by atoms with Crippen LogP contribution in [-0.2, 0) is 19.7 Å². The molecule has 2 heterocycles. The van der Waals surface area contributed by atoms with Gasteiger partial charge in [0.25, 0.3) is 0 Å². The summed E-state index contributed by atoms with van der Waals surface area (Å²) in [4.78, 5) is 4.09. The zero-order valence-electron chi connectivity index (χ0n) is 13.0. The fourth-order valence-electron chi connectivity index (χ4n) is 2.11. The molecule has 1 aromatic carbocycles. The minimum Gasteiger partial charge on any atom is -0.485 e. The maximum atomic E-state index is 5.62. The Morgan fingerprint density at radius 1 is 1.26 bits per heavy atom. The van der Waals surface area contributed by atoms with Crippen molar-refractivity contribution in [3.63, 3.8) is 0 Å². The summed E-state index contributed by atoms with van der Waals surface area (Å²) < 4.78 is 12.4. The molecule has 1 N–H and O–H groups in total. The maximum absolute atomic E-state index is 5.62. The lowest BCUT2D eigenvalue weighted by Crippen LogP contribution is -2.19. The number of aromatic nitrogens is 4. The third kappa shape index (κ3) is 4.65. The quantitative estimate of drug-likeness (QED) is 0.640. The van der Waals surface area contributed by atoms with Crippen molar-refractivity contribution >= 4 is 0 Å². The molecular weight excluding hydrogens is 294 g/mol. The second-order valence-corrected chi connectivity index (χ2v) is 5.11. The van der Waals surface area contributed by atoms with Crippen molar-refractivity contribution < 1.29 is 9.26 Å². The maximum Gasteiger partial charge on any atom is 0.223 e. The minimum absolute atomic E-state index is 0.304. The molecule has 2 aromatic heterocycles. The van der Waals surface area contributed by atoms with Gasteiger partial charge < -0.3 is 14.6 Å². The molecule has 0 saturated carbocycles. The van der Waals surface area contributed by atoms with Crippen molar-refractivity contribution in [3.05, 3.63) is 60.0 Å². The highest BCUT2D eigenvalue weighted by molar-refractivity contribution is 5.27. The second-order valence-electron chi connectivity index (χ2n) is 5.11. The Morgan fingerprint density at radius 2 is 2.13 bits per heavy atom. The van der Waals surface area contributed by atoms with Crippen LogP contribution in [0.25, 0.3) is 0 Å². The van der Waals surface area contributed by atoms with Crippen LogP contribution in [0.4, 0.5) is 0 Å². The van der Waals surface area contributed by atoms with Gasteiger partial charge in [-0.2, -0.15) is 10.1 Å². The predicted octanol–water partition coefficient (Wildman–Crippen LogP) is 1.94. The number of ether oxygens (including phenoxy) is 1. The molecule has 0 aliphatic carbocycles. The van der Waals surface area contributed by atoms with E-state index in [9.17, 15) is 0 Å². The molecule has 0 atom stereocenters. The number of nitrogens with zero attached hydrogens (tertiary/aromatic N) is 4. The van der Waals surface area contributed by atoms with Gasteiger partial charge in [-0.25, -0.2) is 0 Å². The topological polar surface area (TPSA) is 78.0 Å². The monoisotopic (exact) mass is 313 g/mol. The summed E-state index contributed by atoms with van der Waals surface area (Å²) in [6.07, 6.45) is 3.74. The first-order valence-corrected chi connectivity index (χ1v) is 7.49. The highest BCUT2D eigenvalue weighted by Crippen LogP contribution is 2.13. The smallest absolute Gasteiger partial charge is 0.223 e. The van der Waals surface area contributed by atoms with Crippen LogP contribution in [-0.4, -0.2) is 26.5 Å². The van der Waals surface area contributed by atoms with Crippen LogP contribution in [0, 0.1) is 6.92 Å². The normalized spacial score (nSPS) is 10.8. The van der Waals surface area contributed by atoms with Crippen molar-refractivity contribution in [2.24, 2.45) is 0 Å². The van der Waals surface area contributed by atoms with E-state index in [-0.39, 0.29) is 0 Å². The number of hydrogen-bond donors (Lipinski definition) is 1. The van der Waals surface area contributed by atoms with Crippen molar-refractivity contribution in [2.75, 3.05) is 6.54 Å². The van der Waals surface area contributed by atoms with E-state index < -0.39 is 0 Å². The van der Waals surface area contributed by atoms with Gasteiger partial charge in [0.2, 0.25) is 11.7 Å². The standard InChI is InChI=1S/C16H19N5O2/c1-13-19-16(20-23-13)12-22-15-5-3-14(4-6-15)11-17-8-10-21-9-2-7-18-21/h2-7,9,17H,8,10-12H2,1H3. The van der Waals surface area contributed by atoms with Crippen LogP contribution < -0.4 is 10.1 Å². The molecule has 7 heteroatoms. The summed E-state index contributed by atoms with van der Waals surface area (Å²) in [5.41, 5.74) is 1.20. The first kappa shape index (κ1) is 15.2. The Balaban J connectivity index is 1.40. The van der Waals surface area contributed by atoms with Crippen LogP contribution in [0.2, 0.25) is 0 Å². The molecule has 0 saturated heterocycles. The van der Waals surface area contributed by atoms with E-state index in [4.69, 9.17) is 9.26 Å². The van der Waals surface area contributed by atoms with Crippen LogP contribution in [0.3, 0.4) is 0 Å². The average Bonchev–Trinajstić information content (AvgIpc) is 3.22. The van der Waals surface area contributed by atoms with E-state index in [2.05, 4.69) is 20.6 Å². The summed E-state index contributed by atoms with van der Waals surface area (Å²) in [6.45, 7) is 4.60. The predicted molar refractivity (Wildman–Crippen MR) is 83.7 cm³/mol. The Bertz CT molecular complexity index is 706. The zero-order valence-corrected chi connectivity index (χ0v) is 13.0. The van der Waals surface area contributed by atoms with Crippen molar-refractivity contribution in [3.8, 4) is 5.75 Å². The molecule has 0 aliphatic heterocycles. The molecule has 3 rings (SSSR count). The van der Waals surface area contributed by atoms with Gasteiger partial charge in [-0.15, -0.1) is 0 Å². The molecule has 0 aliphatic rings. The Labute approximate surface area is 134 Å². The van der Waals surface area contributed by atoms with E-state index in [1.165, 1.54) is 5.56 Å². The molecule has 3 aromatic rings. The molecular formula is C16H19N5O2. The van der Waals surface area contributed by atoms with Crippen molar-refractivity contribution in [1.29, 1.82) is 0 Å². The first-order chi connectivity index (χ1) is 11.3. The Kier molecular flexibility index (Phi) is 5.00. The lowest BCUT2D eigenvalue weighted by molar-refractivity contribution is 0.285. The third-order valence-electron chi connectivity index (χ3n) is 3.27. The Morgan fingerprint density at radius 3 is 2.83 bits per heavy atom. The van der Waals surface area contributed by atoms with E-state index in [1.807, 2.05) is 41.2 Å². The fourth-order valence-corrected chi connectivity index (χ4v) is 2.11. The lowest BCUT2D eigenvalue weighted by atomic mass is 10.2. The summed E-state index contributed by atoms with van der Waals surface area (Å²) in [7, 11) is 0. The molecule has 0 unspecified atom stereocenters. The van der Waals surface area contributed by atoms with Gasteiger partial charge in [-0.3, -0.25) is 4.68 Å². The van der Waals surface area contributed by atoms with Crippen molar-refractivity contribution in [1.82, 2.24) is 25.2 Å². The van der Waals surface area contributed by atoms with Crippen LogP contribution in [0.5, 0.6) is 5.75 Å². The molecule has 0 radical (unpaired) electrons. The van der Waals surface area contributed by atoms with Gasteiger partial charge in [-0.1, -0.05) is 17.3 Å². The molecule has 0 fully saturated rings. The second kappa shape index (κ2) is 7.55.